The van der Waals surface area contributed by atoms with E-state index in [0.717, 1.165) is 0 Å². The molecule has 3 N–H and O–H groups in total. The van der Waals surface area contributed by atoms with Crippen LogP contribution in [0.5, 0.6) is 5.75 Å². The number of amides is 2. The summed E-state index contributed by atoms with van der Waals surface area (Å²) in [7, 11) is 0. The molecule has 1 atom stereocenters. The predicted molar refractivity (Wildman–Crippen MR) is 121 cm³/mol. The Kier molecular flexibility index (Phi) is 6.43. The van der Waals surface area contributed by atoms with Crippen LogP contribution in [0.1, 0.15) is 19.4 Å². The van der Waals surface area contributed by atoms with E-state index in [2.05, 4.69) is 10.4 Å². The highest BCUT2D eigenvalue weighted by molar-refractivity contribution is 8.24. The second-order valence-corrected chi connectivity index (χ2v) is 9.36. The zero-order chi connectivity index (χ0) is 22.8. The van der Waals surface area contributed by atoms with Crippen LogP contribution in [-0.2, 0) is 0 Å². The Morgan fingerprint density at radius 1 is 1.32 bits per heavy atom. The number of urea groups is 1. The fourth-order valence-electron chi connectivity index (χ4n) is 2.91. The summed E-state index contributed by atoms with van der Waals surface area (Å²) in [5.74, 6) is 0.0246. The fourth-order valence-corrected chi connectivity index (χ4v) is 4.69. The van der Waals surface area contributed by atoms with Crippen molar-refractivity contribution in [2.24, 2.45) is 5.10 Å². The number of thiocarbonyl (C=S) groups is 1. The largest absolute Gasteiger partial charge is 0.507 e. The lowest BCUT2D eigenvalue weighted by Gasteiger charge is -2.34. The van der Waals surface area contributed by atoms with Crippen LogP contribution < -0.4 is 5.32 Å². The van der Waals surface area contributed by atoms with Gasteiger partial charge in [-0.25, -0.2) is 9.80 Å². The number of thioether (sulfide) groups is 1. The number of phenols is 1. The Balaban J connectivity index is 1.80. The molecule has 0 bridgehead atoms. The SMILES string of the molecule is CC1(C)SC(=S)N(/N=C\c2ccccc2O)[C@H]1N(O)C(=O)Nc1ccc([N+](=O)[O-])cc1. The number of nitro groups is 1. The number of nitrogens with one attached hydrogen (secondary N) is 1. The highest BCUT2D eigenvalue weighted by Gasteiger charge is 2.50. The van der Waals surface area contributed by atoms with Crippen molar-refractivity contribution >= 4 is 51.9 Å². The van der Waals surface area contributed by atoms with Crippen LogP contribution in [0.4, 0.5) is 16.2 Å². The van der Waals surface area contributed by atoms with Crippen molar-refractivity contribution in [2.45, 2.75) is 24.8 Å². The average Bonchev–Trinajstić information content (AvgIpc) is 2.94. The third-order valence-corrected chi connectivity index (χ3v) is 5.95. The van der Waals surface area contributed by atoms with Gasteiger partial charge in [0, 0.05) is 23.4 Å². The van der Waals surface area contributed by atoms with Crippen LogP contribution in [0.15, 0.2) is 53.6 Å². The first kappa shape index (κ1) is 22.5. The summed E-state index contributed by atoms with van der Waals surface area (Å²) < 4.78 is -0.377. The van der Waals surface area contributed by atoms with Crippen LogP contribution in [-0.4, -0.2) is 52.8 Å². The summed E-state index contributed by atoms with van der Waals surface area (Å²) in [6.07, 6.45) is 0.434. The molecule has 3 rings (SSSR count). The maximum atomic E-state index is 12.6. The lowest BCUT2D eigenvalue weighted by atomic mass is 10.1. The van der Waals surface area contributed by atoms with Crippen molar-refractivity contribution in [1.29, 1.82) is 0 Å². The van der Waals surface area contributed by atoms with Crippen LogP contribution in [0.2, 0.25) is 0 Å². The molecule has 31 heavy (non-hydrogen) atoms. The smallest absolute Gasteiger partial charge is 0.347 e. The van der Waals surface area contributed by atoms with Gasteiger partial charge in [0.15, 0.2) is 10.5 Å². The lowest BCUT2D eigenvalue weighted by molar-refractivity contribution is -0.384. The van der Waals surface area contributed by atoms with Crippen molar-refractivity contribution < 1.29 is 20.0 Å². The third-order valence-electron chi connectivity index (χ3n) is 4.42. The summed E-state index contributed by atoms with van der Waals surface area (Å²) in [6, 6.07) is 10.9. The van der Waals surface area contributed by atoms with Gasteiger partial charge in [-0.2, -0.15) is 10.2 Å². The standard InChI is InChI=1S/C19H19N5O5S2/c1-19(2)16(22(18(30)31-19)20-11-12-5-3-4-6-15(12)25)23(27)17(26)21-13-7-9-14(10-8-13)24(28)29/h3-11,16,25,27H,1-2H3,(H,21,26)/b20-11-/t16-/m0/s1. The van der Waals surface area contributed by atoms with Crippen LogP contribution >= 0.6 is 24.0 Å². The van der Waals surface area contributed by atoms with Crippen molar-refractivity contribution in [3.8, 4) is 5.75 Å². The highest BCUT2D eigenvalue weighted by atomic mass is 32.2. The quantitative estimate of drug-likeness (QED) is 0.200. The molecule has 0 spiro atoms. The van der Waals surface area contributed by atoms with Gasteiger partial charge in [-0.1, -0.05) is 36.1 Å². The molecule has 1 aliphatic rings. The Labute approximate surface area is 187 Å². The predicted octanol–water partition coefficient (Wildman–Crippen LogP) is 4.00. The van der Waals surface area contributed by atoms with Crippen molar-refractivity contribution in [3.63, 3.8) is 0 Å². The van der Waals surface area contributed by atoms with Crippen molar-refractivity contribution in [1.82, 2.24) is 10.1 Å². The molecule has 0 aromatic heterocycles. The molecular weight excluding hydrogens is 442 g/mol. The second kappa shape index (κ2) is 8.88. The van der Waals surface area contributed by atoms with E-state index >= 15 is 0 Å². The molecule has 1 fully saturated rings. The number of phenolic OH excluding ortho intramolecular Hbond substituents is 1. The fraction of sp³-hybridized carbons (Fsp3) is 0.211. The minimum absolute atomic E-state index is 0.0246. The number of hydrogen-bond acceptors (Lipinski definition) is 8. The van der Waals surface area contributed by atoms with E-state index in [0.29, 0.717) is 14.9 Å². The lowest BCUT2D eigenvalue weighted by Crippen LogP contribution is -2.54. The minimum atomic E-state index is -0.954. The van der Waals surface area contributed by atoms with Crippen molar-refractivity contribution in [2.75, 3.05) is 5.32 Å². The summed E-state index contributed by atoms with van der Waals surface area (Å²) >= 11 is 6.63. The monoisotopic (exact) mass is 461 g/mol. The summed E-state index contributed by atoms with van der Waals surface area (Å²) in [5.41, 5.74) is 0.589. The Morgan fingerprint density at radius 2 is 1.97 bits per heavy atom. The molecule has 10 nitrogen and oxygen atoms in total. The van der Waals surface area contributed by atoms with E-state index in [1.807, 2.05) is 0 Å². The zero-order valence-corrected chi connectivity index (χ0v) is 18.1. The number of aromatic hydroxyl groups is 1. The van der Waals surface area contributed by atoms with E-state index in [-0.39, 0.29) is 17.1 Å². The number of non-ortho nitro benzene ring substituents is 1. The first-order chi connectivity index (χ1) is 14.6. The molecule has 2 aromatic rings. The number of carbonyl (C=O) groups is 1. The molecule has 162 valence electrons. The highest BCUT2D eigenvalue weighted by Crippen LogP contribution is 2.42. The maximum absolute atomic E-state index is 12.6. The number of hydrazone groups is 1. The average molecular weight is 462 g/mol. The summed E-state index contributed by atoms with van der Waals surface area (Å²) in [5, 5.41) is 39.9. The van der Waals surface area contributed by atoms with E-state index in [1.165, 1.54) is 53.3 Å². The number of para-hydroxylation sites is 1. The van der Waals surface area contributed by atoms with E-state index in [1.54, 1.807) is 32.0 Å². The van der Waals surface area contributed by atoms with E-state index in [4.69, 9.17) is 12.2 Å². The third kappa shape index (κ3) is 4.93. The van der Waals surface area contributed by atoms with Gasteiger partial charge in [-0.15, -0.1) is 0 Å². The van der Waals surface area contributed by atoms with E-state index < -0.39 is 21.9 Å². The number of rotatable bonds is 5. The number of hydrogen-bond donors (Lipinski definition) is 3. The molecule has 0 unspecified atom stereocenters. The Bertz CT molecular complexity index is 1040. The molecule has 1 heterocycles. The van der Waals surface area contributed by atoms with Crippen LogP contribution in [0, 0.1) is 10.1 Å². The summed E-state index contributed by atoms with van der Waals surface area (Å²) in [4.78, 5) is 22.9. The first-order valence-electron chi connectivity index (χ1n) is 8.98. The van der Waals surface area contributed by atoms with Gasteiger partial charge in [0.2, 0.25) is 0 Å². The molecule has 12 heteroatoms. The molecule has 0 radical (unpaired) electrons. The Morgan fingerprint density at radius 3 is 2.58 bits per heavy atom. The van der Waals surface area contributed by atoms with Crippen LogP contribution in [0.3, 0.4) is 0 Å². The molecular formula is C19H19N5O5S2. The van der Waals surface area contributed by atoms with Gasteiger partial charge in [0.05, 0.1) is 15.9 Å². The molecule has 2 aromatic carbocycles. The number of nitrogens with zero attached hydrogens (tertiary/aromatic N) is 4. The number of benzene rings is 2. The molecule has 1 saturated heterocycles. The first-order valence-corrected chi connectivity index (χ1v) is 10.2. The topological polar surface area (TPSA) is 132 Å². The summed E-state index contributed by atoms with van der Waals surface area (Å²) in [6.45, 7) is 3.60. The van der Waals surface area contributed by atoms with E-state index in [9.17, 15) is 25.2 Å². The number of nitro benzene ring substituents is 1. The van der Waals surface area contributed by atoms with Gasteiger partial charge < -0.3 is 10.4 Å². The number of hydroxylamine groups is 2. The zero-order valence-electron chi connectivity index (χ0n) is 16.5. The molecule has 2 amide bonds. The molecule has 0 saturated carbocycles. The number of anilines is 1. The van der Waals surface area contributed by atoms with Crippen molar-refractivity contribution in [3.05, 3.63) is 64.2 Å². The van der Waals surface area contributed by atoms with Gasteiger partial charge in [0.25, 0.3) is 5.69 Å². The molecule has 1 aliphatic heterocycles. The van der Waals surface area contributed by atoms with Gasteiger partial charge in [0.1, 0.15) is 5.75 Å². The maximum Gasteiger partial charge on any atom is 0.347 e. The minimum Gasteiger partial charge on any atom is -0.507 e. The van der Waals surface area contributed by atoms with Gasteiger partial charge >= 0.3 is 6.03 Å². The van der Waals surface area contributed by atoms with Gasteiger partial charge in [-0.3, -0.25) is 15.3 Å². The second-order valence-electron chi connectivity index (χ2n) is 7.07. The Hall–Kier alpha value is -3.22. The normalized spacial score (nSPS) is 17.7. The van der Waals surface area contributed by atoms with Gasteiger partial charge in [-0.05, 0) is 38.1 Å². The molecule has 0 aliphatic carbocycles. The van der Waals surface area contributed by atoms with Crippen LogP contribution in [0.25, 0.3) is 0 Å². The number of carbonyl (C=O) groups excluding carboxylic acids is 1.